The Labute approximate surface area is 124 Å². The number of halogens is 1. The van der Waals surface area contributed by atoms with Gasteiger partial charge in [-0.2, -0.15) is 5.10 Å². The van der Waals surface area contributed by atoms with Crippen molar-refractivity contribution in [2.24, 2.45) is 5.92 Å². The van der Waals surface area contributed by atoms with E-state index in [2.05, 4.69) is 23.9 Å². The molecule has 1 heterocycles. The molecule has 0 bridgehead atoms. The van der Waals surface area contributed by atoms with Gasteiger partial charge >= 0.3 is 0 Å². The van der Waals surface area contributed by atoms with Crippen LogP contribution in [0.3, 0.4) is 0 Å². The van der Waals surface area contributed by atoms with Crippen molar-refractivity contribution >= 4 is 11.6 Å². The third kappa shape index (κ3) is 3.58. The van der Waals surface area contributed by atoms with Crippen molar-refractivity contribution in [1.29, 1.82) is 0 Å². The molecule has 1 aromatic carbocycles. The molecule has 0 aliphatic heterocycles. The molecule has 0 amide bonds. The number of hydrogen-bond donors (Lipinski definition) is 1. The molecular formula is C15H20ClN3O. The van der Waals surface area contributed by atoms with E-state index in [-0.39, 0.29) is 12.5 Å². The zero-order chi connectivity index (χ0) is 14.5. The largest absolute Gasteiger partial charge is 0.396 e. The zero-order valence-corrected chi connectivity index (χ0v) is 12.6. The predicted molar refractivity (Wildman–Crippen MR) is 79.8 cm³/mol. The zero-order valence-electron chi connectivity index (χ0n) is 11.8. The summed E-state index contributed by atoms with van der Waals surface area (Å²) in [6, 6.07) is 7.62. The molecule has 0 saturated heterocycles. The Morgan fingerprint density at radius 2 is 2.05 bits per heavy atom. The van der Waals surface area contributed by atoms with E-state index in [1.54, 1.807) is 6.33 Å². The molecule has 108 valence electrons. The highest BCUT2D eigenvalue weighted by Crippen LogP contribution is 2.26. The number of aromatic nitrogens is 3. The van der Waals surface area contributed by atoms with Crippen LogP contribution in [-0.4, -0.2) is 26.5 Å². The van der Waals surface area contributed by atoms with Crippen molar-refractivity contribution in [2.45, 2.75) is 32.7 Å². The van der Waals surface area contributed by atoms with Crippen molar-refractivity contribution in [1.82, 2.24) is 14.8 Å². The van der Waals surface area contributed by atoms with E-state index in [0.717, 1.165) is 17.9 Å². The van der Waals surface area contributed by atoms with Gasteiger partial charge in [0.1, 0.15) is 12.2 Å². The van der Waals surface area contributed by atoms with E-state index in [1.165, 1.54) is 0 Å². The maximum absolute atomic E-state index is 9.66. The molecule has 0 spiro atoms. The summed E-state index contributed by atoms with van der Waals surface area (Å²) in [6.07, 6.45) is 2.20. The fourth-order valence-electron chi connectivity index (χ4n) is 2.24. The first kappa shape index (κ1) is 15.0. The van der Waals surface area contributed by atoms with Crippen molar-refractivity contribution in [3.05, 3.63) is 47.0 Å². The summed E-state index contributed by atoms with van der Waals surface area (Å²) < 4.78 is 1.91. The second-order valence-corrected chi connectivity index (χ2v) is 5.76. The predicted octanol–water partition coefficient (Wildman–Crippen LogP) is 2.91. The normalized spacial score (nSPS) is 12.8. The second kappa shape index (κ2) is 6.86. The number of aliphatic hydroxyl groups is 1. The molecule has 1 atom stereocenters. The minimum Gasteiger partial charge on any atom is -0.396 e. The Hall–Kier alpha value is -1.39. The van der Waals surface area contributed by atoms with E-state index < -0.39 is 0 Å². The summed E-state index contributed by atoms with van der Waals surface area (Å²) >= 11 is 6.21. The average molecular weight is 294 g/mol. The molecule has 0 saturated carbocycles. The number of hydrogen-bond acceptors (Lipinski definition) is 3. The molecular weight excluding hydrogens is 274 g/mol. The topological polar surface area (TPSA) is 50.9 Å². The number of rotatable bonds is 6. The number of benzene rings is 1. The van der Waals surface area contributed by atoms with Gasteiger partial charge in [0.25, 0.3) is 0 Å². The third-order valence-electron chi connectivity index (χ3n) is 3.23. The Bertz CT molecular complexity index is 554. The Morgan fingerprint density at radius 3 is 2.70 bits per heavy atom. The van der Waals surface area contributed by atoms with Crippen LogP contribution in [0, 0.1) is 5.92 Å². The van der Waals surface area contributed by atoms with E-state index in [9.17, 15) is 5.11 Å². The lowest BCUT2D eigenvalue weighted by atomic mass is 9.96. The molecule has 1 aromatic heterocycles. The van der Waals surface area contributed by atoms with Gasteiger partial charge in [0.2, 0.25) is 0 Å². The summed E-state index contributed by atoms with van der Waals surface area (Å²) in [6.45, 7) is 5.15. The van der Waals surface area contributed by atoms with E-state index in [1.807, 2.05) is 28.9 Å². The maximum atomic E-state index is 9.66. The van der Waals surface area contributed by atoms with Crippen LogP contribution < -0.4 is 0 Å². The first-order chi connectivity index (χ1) is 9.61. The minimum atomic E-state index is -0.0567. The average Bonchev–Trinajstić information content (AvgIpc) is 2.83. The molecule has 0 fully saturated rings. The SMILES string of the molecule is CC(C)Cn1ncnc1CC(CO)c1ccccc1Cl. The summed E-state index contributed by atoms with van der Waals surface area (Å²) in [4.78, 5) is 4.31. The minimum absolute atomic E-state index is 0.0400. The highest BCUT2D eigenvalue weighted by molar-refractivity contribution is 6.31. The van der Waals surface area contributed by atoms with E-state index in [0.29, 0.717) is 17.4 Å². The highest BCUT2D eigenvalue weighted by Gasteiger charge is 2.17. The van der Waals surface area contributed by atoms with Crippen molar-refractivity contribution in [3.8, 4) is 0 Å². The molecule has 1 N–H and O–H groups in total. The molecule has 2 aromatic rings. The first-order valence-corrected chi connectivity index (χ1v) is 7.21. The smallest absolute Gasteiger partial charge is 0.138 e. The van der Waals surface area contributed by atoms with Crippen LogP contribution in [0.1, 0.15) is 31.2 Å². The Balaban J connectivity index is 2.19. The molecule has 0 radical (unpaired) electrons. The molecule has 20 heavy (non-hydrogen) atoms. The molecule has 4 nitrogen and oxygen atoms in total. The third-order valence-corrected chi connectivity index (χ3v) is 3.57. The molecule has 5 heteroatoms. The summed E-state index contributed by atoms with van der Waals surface area (Å²) in [5, 5.41) is 14.6. The summed E-state index contributed by atoms with van der Waals surface area (Å²) in [7, 11) is 0. The second-order valence-electron chi connectivity index (χ2n) is 5.36. The van der Waals surface area contributed by atoms with Crippen LogP contribution in [0.4, 0.5) is 0 Å². The van der Waals surface area contributed by atoms with Gasteiger partial charge < -0.3 is 5.11 Å². The van der Waals surface area contributed by atoms with Gasteiger partial charge in [-0.25, -0.2) is 9.67 Å². The number of nitrogens with zero attached hydrogens (tertiary/aromatic N) is 3. The lowest BCUT2D eigenvalue weighted by molar-refractivity contribution is 0.261. The van der Waals surface area contributed by atoms with Gasteiger partial charge in [-0.1, -0.05) is 43.6 Å². The van der Waals surface area contributed by atoms with Crippen molar-refractivity contribution in [2.75, 3.05) is 6.61 Å². The Kier molecular flexibility index (Phi) is 5.15. The van der Waals surface area contributed by atoms with Crippen molar-refractivity contribution in [3.63, 3.8) is 0 Å². The van der Waals surface area contributed by atoms with Gasteiger partial charge in [-0.05, 0) is 17.5 Å². The monoisotopic (exact) mass is 293 g/mol. The lowest BCUT2D eigenvalue weighted by Crippen LogP contribution is -2.15. The maximum Gasteiger partial charge on any atom is 0.138 e. The fourth-order valence-corrected chi connectivity index (χ4v) is 2.53. The number of aliphatic hydroxyl groups excluding tert-OH is 1. The summed E-state index contributed by atoms with van der Waals surface area (Å²) in [5.74, 6) is 1.33. The van der Waals surface area contributed by atoms with Gasteiger partial charge in [0.05, 0.1) is 6.61 Å². The van der Waals surface area contributed by atoms with Crippen LogP contribution >= 0.6 is 11.6 Å². The van der Waals surface area contributed by atoms with Gasteiger partial charge in [-0.15, -0.1) is 0 Å². The molecule has 1 unspecified atom stereocenters. The highest BCUT2D eigenvalue weighted by atomic mass is 35.5. The van der Waals surface area contributed by atoms with E-state index in [4.69, 9.17) is 11.6 Å². The molecule has 0 aliphatic rings. The van der Waals surface area contributed by atoms with Gasteiger partial charge in [-0.3, -0.25) is 0 Å². The van der Waals surface area contributed by atoms with Crippen LogP contribution in [0.25, 0.3) is 0 Å². The van der Waals surface area contributed by atoms with Crippen LogP contribution in [0.2, 0.25) is 5.02 Å². The standard InChI is InChI=1S/C15H20ClN3O/c1-11(2)8-19-15(17-10-18-19)7-12(9-20)13-5-3-4-6-14(13)16/h3-6,10-12,20H,7-9H2,1-2H3. The molecule has 0 aliphatic carbocycles. The molecule has 2 rings (SSSR count). The fraction of sp³-hybridized carbons (Fsp3) is 0.467. The van der Waals surface area contributed by atoms with E-state index >= 15 is 0 Å². The summed E-state index contributed by atoms with van der Waals surface area (Å²) in [5.41, 5.74) is 0.954. The quantitative estimate of drug-likeness (QED) is 0.891. The lowest BCUT2D eigenvalue weighted by Gasteiger charge is -2.16. The van der Waals surface area contributed by atoms with Gasteiger partial charge in [0, 0.05) is 23.9 Å². The van der Waals surface area contributed by atoms with Crippen molar-refractivity contribution < 1.29 is 5.11 Å². The van der Waals surface area contributed by atoms with Crippen LogP contribution in [-0.2, 0) is 13.0 Å². The van der Waals surface area contributed by atoms with Crippen LogP contribution in [0.15, 0.2) is 30.6 Å². The first-order valence-electron chi connectivity index (χ1n) is 6.83. The Morgan fingerprint density at radius 1 is 1.30 bits per heavy atom. The van der Waals surface area contributed by atoms with Crippen LogP contribution in [0.5, 0.6) is 0 Å². The van der Waals surface area contributed by atoms with Gasteiger partial charge in [0.15, 0.2) is 0 Å².